The molecule has 9 N–H and O–H groups in total. The van der Waals surface area contributed by atoms with Crippen LogP contribution in [0, 0.1) is 0 Å². The highest BCUT2D eigenvalue weighted by Gasteiger charge is 2.51. The second-order valence-corrected chi connectivity index (χ2v) is 25.4. The van der Waals surface area contributed by atoms with Crippen molar-refractivity contribution in [2.45, 2.75) is 389 Å². The van der Waals surface area contributed by atoms with Gasteiger partial charge in [-0.05, 0) is 51.4 Å². The number of hydrogen-bond acceptors (Lipinski definition) is 13. The van der Waals surface area contributed by atoms with E-state index >= 15 is 0 Å². The lowest BCUT2D eigenvalue weighted by molar-refractivity contribution is -0.359. The van der Waals surface area contributed by atoms with Crippen LogP contribution >= 0.6 is 0 Å². The average Bonchev–Trinajstić information content (AvgIpc) is 2.93. The van der Waals surface area contributed by atoms with Crippen molar-refractivity contribution in [2.24, 2.45) is 0 Å². The maximum absolute atomic E-state index is 13.3. The van der Waals surface area contributed by atoms with Gasteiger partial charge in [-0.15, -0.1) is 0 Å². The summed E-state index contributed by atoms with van der Waals surface area (Å²) < 4.78 is 22.8. The van der Waals surface area contributed by atoms with Crippen LogP contribution in [0.2, 0.25) is 0 Å². The zero-order chi connectivity index (χ0) is 61.6. The molecule has 0 spiro atoms. The molecular weight excluding hydrogens is 1070 g/mol. The molecule has 2 rings (SSSR count). The molecule has 14 heteroatoms. The Balaban J connectivity index is 1.49. The van der Waals surface area contributed by atoms with E-state index in [1.165, 1.54) is 244 Å². The summed E-state index contributed by atoms with van der Waals surface area (Å²) in [4.78, 5) is 13.3. The Bertz CT molecular complexity index is 1560. The summed E-state index contributed by atoms with van der Waals surface area (Å²) in [6.45, 7) is 2.78. The number of carbonyl (C=O) groups is 1. The Kier molecular flexibility index (Phi) is 52.4. The highest BCUT2D eigenvalue weighted by molar-refractivity contribution is 5.76. The fourth-order valence-electron chi connectivity index (χ4n) is 11.9. The van der Waals surface area contributed by atoms with Crippen molar-refractivity contribution in [2.75, 3.05) is 19.8 Å². The predicted molar refractivity (Wildman–Crippen MR) is 346 cm³/mol. The van der Waals surface area contributed by atoms with E-state index in [2.05, 4.69) is 43.5 Å². The van der Waals surface area contributed by atoms with Crippen LogP contribution in [0.15, 0.2) is 36.5 Å². The maximum atomic E-state index is 13.3. The van der Waals surface area contributed by atoms with E-state index in [4.69, 9.17) is 18.9 Å². The molecule has 2 aliphatic rings. The maximum Gasteiger partial charge on any atom is 0.220 e. The lowest BCUT2D eigenvalue weighted by atomic mass is 9.97. The van der Waals surface area contributed by atoms with E-state index in [9.17, 15) is 45.6 Å². The average molecular weight is 1210 g/mol. The van der Waals surface area contributed by atoms with Crippen LogP contribution in [0.3, 0.4) is 0 Å². The van der Waals surface area contributed by atoms with Gasteiger partial charge in [0.15, 0.2) is 12.6 Å². The molecule has 12 atom stereocenters. The van der Waals surface area contributed by atoms with E-state index < -0.39 is 86.8 Å². The topological polar surface area (TPSA) is 228 Å². The van der Waals surface area contributed by atoms with Gasteiger partial charge in [0.2, 0.25) is 5.91 Å². The normalized spacial score (nSPS) is 23.7. The molecule has 85 heavy (non-hydrogen) atoms. The third-order valence-electron chi connectivity index (χ3n) is 17.6. The van der Waals surface area contributed by atoms with Crippen LogP contribution < -0.4 is 5.32 Å². The molecule has 500 valence electrons. The van der Waals surface area contributed by atoms with E-state index in [-0.39, 0.29) is 18.9 Å². The van der Waals surface area contributed by atoms with Crippen molar-refractivity contribution in [1.82, 2.24) is 5.32 Å². The standard InChI is InChI=1S/C71H133NO13/c1-3-5-7-9-11-13-15-16-17-18-19-20-21-22-23-24-25-26-27-28-29-30-31-32-33-34-35-36-37-38-39-40-41-42-43-44-45-47-49-51-53-55-63(76)72-59(60(75)54-52-50-48-46-14-12-10-8-6-4-2)58-82-70-68(81)66(79)69(62(57-74)84-70)85-71-67(80)65(78)64(77)61(56-73)83-71/h15-16,18-19,52,54,59-62,64-71,73-75,77-81H,3-14,17,20-51,53,55-58H2,1-2H3,(H,72,76)/b16-15-,19-18-,54-52+. The first-order chi connectivity index (χ1) is 41.6. The Morgan fingerprint density at radius 3 is 1.18 bits per heavy atom. The molecule has 0 aromatic heterocycles. The molecule has 0 radical (unpaired) electrons. The van der Waals surface area contributed by atoms with Gasteiger partial charge in [-0.2, -0.15) is 0 Å². The molecule has 1 amide bonds. The molecule has 2 heterocycles. The molecule has 0 bridgehead atoms. The molecule has 2 fully saturated rings. The van der Waals surface area contributed by atoms with Gasteiger partial charge in [0.05, 0.1) is 32.0 Å². The highest BCUT2D eigenvalue weighted by Crippen LogP contribution is 2.30. The minimum atomic E-state index is -1.79. The second kappa shape index (κ2) is 56.2. The summed E-state index contributed by atoms with van der Waals surface area (Å²) >= 11 is 0. The molecule has 0 saturated carbocycles. The minimum absolute atomic E-state index is 0.236. The van der Waals surface area contributed by atoms with Crippen LogP contribution in [0.1, 0.15) is 316 Å². The third-order valence-corrected chi connectivity index (χ3v) is 17.6. The summed E-state index contributed by atoms with van der Waals surface area (Å²) in [5.74, 6) is -0.236. The van der Waals surface area contributed by atoms with Crippen LogP contribution in [-0.2, 0) is 23.7 Å². The molecule has 0 aromatic rings. The van der Waals surface area contributed by atoms with E-state index in [1.54, 1.807) is 6.08 Å². The molecule has 0 aliphatic carbocycles. The zero-order valence-electron chi connectivity index (χ0n) is 54.4. The molecule has 2 aliphatic heterocycles. The number of aliphatic hydroxyl groups excluding tert-OH is 8. The Morgan fingerprint density at radius 2 is 0.776 bits per heavy atom. The first kappa shape index (κ1) is 79.3. The monoisotopic (exact) mass is 1210 g/mol. The van der Waals surface area contributed by atoms with Crippen LogP contribution in [0.25, 0.3) is 0 Å². The van der Waals surface area contributed by atoms with E-state index in [1.807, 2.05) is 6.08 Å². The summed E-state index contributed by atoms with van der Waals surface area (Å²) in [5.41, 5.74) is 0. The molecule has 2 saturated heterocycles. The van der Waals surface area contributed by atoms with Gasteiger partial charge >= 0.3 is 0 Å². The molecule has 12 unspecified atom stereocenters. The van der Waals surface area contributed by atoms with Crippen molar-refractivity contribution in [1.29, 1.82) is 0 Å². The van der Waals surface area contributed by atoms with Crippen molar-refractivity contribution < 1.29 is 64.6 Å². The van der Waals surface area contributed by atoms with Crippen LogP contribution in [0.4, 0.5) is 0 Å². The van der Waals surface area contributed by atoms with Crippen molar-refractivity contribution in [3.63, 3.8) is 0 Å². The Morgan fingerprint density at radius 1 is 0.424 bits per heavy atom. The number of hydrogen-bond donors (Lipinski definition) is 9. The minimum Gasteiger partial charge on any atom is -0.394 e. The van der Waals surface area contributed by atoms with Crippen molar-refractivity contribution in [3.8, 4) is 0 Å². The molecule has 0 aromatic carbocycles. The van der Waals surface area contributed by atoms with Gasteiger partial charge < -0.3 is 65.1 Å². The van der Waals surface area contributed by atoms with E-state index in [0.29, 0.717) is 6.42 Å². The number of aliphatic hydroxyl groups is 8. The van der Waals surface area contributed by atoms with Crippen molar-refractivity contribution in [3.05, 3.63) is 36.5 Å². The lowest BCUT2D eigenvalue weighted by Crippen LogP contribution is -2.65. The molecule has 14 nitrogen and oxygen atoms in total. The van der Waals surface area contributed by atoms with Gasteiger partial charge in [0, 0.05) is 6.42 Å². The number of amides is 1. The van der Waals surface area contributed by atoms with Gasteiger partial charge in [-0.3, -0.25) is 4.79 Å². The number of rotatable bonds is 59. The second-order valence-electron chi connectivity index (χ2n) is 25.4. The number of carbonyl (C=O) groups excluding carboxylic acids is 1. The highest BCUT2D eigenvalue weighted by atomic mass is 16.7. The Hall–Kier alpha value is -1.79. The predicted octanol–water partition coefficient (Wildman–Crippen LogP) is 14.5. The van der Waals surface area contributed by atoms with Gasteiger partial charge in [-0.1, -0.05) is 294 Å². The van der Waals surface area contributed by atoms with Crippen LogP contribution in [0.5, 0.6) is 0 Å². The number of unbranched alkanes of at least 4 members (excludes halogenated alkanes) is 42. The SMILES string of the molecule is CCCCCCC/C=C\C/C=C\CCCCCCCCCCCCCCCCCCCCCCCCCCCCCCCC(=O)NC(COC1OC(CO)C(OC2OC(CO)C(O)C(O)C2O)C(O)C1O)C(O)/C=C/CCCCCCCCCC. The summed E-state index contributed by atoms with van der Waals surface area (Å²) in [7, 11) is 0. The summed E-state index contributed by atoms with van der Waals surface area (Å²) in [5, 5.41) is 87.0. The smallest absolute Gasteiger partial charge is 0.220 e. The van der Waals surface area contributed by atoms with E-state index in [0.717, 1.165) is 44.9 Å². The first-order valence-electron chi connectivity index (χ1n) is 35.7. The van der Waals surface area contributed by atoms with Crippen molar-refractivity contribution >= 4 is 5.91 Å². The number of allylic oxidation sites excluding steroid dienone is 5. The Labute approximate surface area is 519 Å². The summed E-state index contributed by atoms with van der Waals surface area (Å²) in [6.07, 6.45) is 55.5. The zero-order valence-corrected chi connectivity index (χ0v) is 54.4. The number of nitrogens with one attached hydrogen (secondary N) is 1. The largest absolute Gasteiger partial charge is 0.394 e. The fraction of sp³-hybridized carbons (Fsp3) is 0.901. The summed E-state index contributed by atoms with van der Waals surface area (Å²) in [6, 6.07) is -0.910. The fourth-order valence-corrected chi connectivity index (χ4v) is 11.9. The third kappa shape index (κ3) is 40.5. The van der Waals surface area contributed by atoms with Gasteiger partial charge in [-0.25, -0.2) is 0 Å². The van der Waals surface area contributed by atoms with Crippen LogP contribution in [-0.4, -0.2) is 140 Å². The quantitative estimate of drug-likeness (QED) is 0.0204. The molecular formula is C71H133NO13. The first-order valence-corrected chi connectivity index (χ1v) is 35.7. The van der Waals surface area contributed by atoms with Gasteiger partial charge in [0.1, 0.15) is 48.8 Å². The van der Waals surface area contributed by atoms with Gasteiger partial charge in [0.25, 0.3) is 0 Å². The number of ether oxygens (including phenoxy) is 4. The lowest BCUT2D eigenvalue weighted by Gasteiger charge is -2.46.